The second-order valence-corrected chi connectivity index (χ2v) is 4.52. The lowest BCUT2D eigenvalue weighted by Gasteiger charge is -2.07. The van der Waals surface area contributed by atoms with Gasteiger partial charge in [0.15, 0.2) is 5.75 Å². The maximum absolute atomic E-state index is 5.70. The van der Waals surface area contributed by atoms with E-state index in [0.717, 1.165) is 12.4 Å². The van der Waals surface area contributed by atoms with E-state index in [2.05, 4.69) is 34.2 Å². The average Bonchev–Trinajstić information content (AvgIpc) is 2.77. The van der Waals surface area contributed by atoms with Gasteiger partial charge in [0, 0.05) is 18.7 Å². The van der Waals surface area contributed by atoms with Gasteiger partial charge in [-0.3, -0.25) is 4.68 Å². The van der Waals surface area contributed by atoms with Crippen LogP contribution in [0.2, 0.25) is 0 Å². The highest BCUT2D eigenvalue weighted by Crippen LogP contribution is 2.21. The van der Waals surface area contributed by atoms with Gasteiger partial charge in [0.1, 0.15) is 11.6 Å². The number of rotatable bonds is 5. The van der Waals surface area contributed by atoms with E-state index in [9.17, 15) is 0 Å². The second-order valence-electron chi connectivity index (χ2n) is 4.52. The zero-order valence-electron chi connectivity index (χ0n) is 11.7. The number of aromatic nitrogens is 4. The van der Waals surface area contributed by atoms with Crippen LogP contribution in [0.3, 0.4) is 0 Å². The van der Waals surface area contributed by atoms with Gasteiger partial charge in [-0.25, -0.2) is 4.98 Å². The molecule has 2 heterocycles. The molecule has 0 saturated heterocycles. The summed E-state index contributed by atoms with van der Waals surface area (Å²) in [6.45, 7) is 8.79. The Bertz CT molecular complexity index is 550. The van der Waals surface area contributed by atoms with Gasteiger partial charge in [-0.2, -0.15) is 10.1 Å². The van der Waals surface area contributed by atoms with E-state index < -0.39 is 0 Å². The molecule has 0 amide bonds. The molecule has 2 rings (SSSR count). The maximum Gasteiger partial charge on any atom is 0.224 e. The molecule has 6 heteroatoms. The average molecular weight is 261 g/mol. The summed E-state index contributed by atoms with van der Waals surface area (Å²) in [5.41, 5.74) is 0. The molecule has 0 bridgehead atoms. The lowest BCUT2D eigenvalue weighted by molar-refractivity contribution is 0.456. The van der Waals surface area contributed by atoms with Gasteiger partial charge in [-0.05, 0) is 27.7 Å². The van der Waals surface area contributed by atoms with Crippen LogP contribution in [0, 0.1) is 6.92 Å². The summed E-state index contributed by atoms with van der Waals surface area (Å²) in [4.78, 5) is 8.53. The minimum Gasteiger partial charge on any atom is -0.436 e. The smallest absolute Gasteiger partial charge is 0.224 e. The van der Waals surface area contributed by atoms with Gasteiger partial charge in [-0.1, -0.05) is 0 Å². The minimum absolute atomic E-state index is 0.307. The van der Waals surface area contributed by atoms with E-state index in [4.69, 9.17) is 4.74 Å². The van der Waals surface area contributed by atoms with E-state index in [0.29, 0.717) is 23.5 Å². The molecule has 0 atom stereocenters. The van der Waals surface area contributed by atoms with Crippen molar-refractivity contribution in [1.29, 1.82) is 0 Å². The molecule has 1 N–H and O–H groups in total. The van der Waals surface area contributed by atoms with Crippen molar-refractivity contribution in [3.05, 3.63) is 24.3 Å². The molecule has 19 heavy (non-hydrogen) atoms. The van der Waals surface area contributed by atoms with Gasteiger partial charge in [0.2, 0.25) is 5.88 Å². The minimum atomic E-state index is 0.307. The molecule has 0 fully saturated rings. The van der Waals surface area contributed by atoms with Gasteiger partial charge < -0.3 is 10.1 Å². The number of hydrogen-bond acceptors (Lipinski definition) is 5. The van der Waals surface area contributed by atoms with Crippen molar-refractivity contribution >= 4 is 5.82 Å². The summed E-state index contributed by atoms with van der Waals surface area (Å²) in [7, 11) is 0. The number of aryl methyl sites for hydroxylation is 1. The first-order chi connectivity index (χ1) is 9.08. The molecule has 0 aromatic carbocycles. The van der Waals surface area contributed by atoms with E-state index in [1.807, 2.05) is 24.7 Å². The summed E-state index contributed by atoms with van der Waals surface area (Å²) in [5, 5.41) is 7.37. The van der Waals surface area contributed by atoms with Gasteiger partial charge in [0.05, 0.1) is 12.4 Å². The molecule has 0 radical (unpaired) electrons. The Morgan fingerprint density at radius 2 is 2.16 bits per heavy atom. The Labute approximate surface area is 112 Å². The molecule has 2 aromatic rings. The fourth-order valence-corrected chi connectivity index (χ4v) is 1.64. The molecule has 0 unspecified atom stereocenters. The Hall–Kier alpha value is -2.11. The first-order valence-corrected chi connectivity index (χ1v) is 6.40. The van der Waals surface area contributed by atoms with Crippen LogP contribution in [-0.4, -0.2) is 26.3 Å². The monoisotopic (exact) mass is 261 g/mol. The molecular weight excluding hydrogens is 242 g/mol. The third-order valence-corrected chi connectivity index (χ3v) is 2.50. The van der Waals surface area contributed by atoms with Crippen LogP contribution in [0.25, 0.3) is 0 Å². The van der Waals surface area contributed by atoms with Crippen LogP contribution in [0.5, 0.6) is 11.6 Å². The van der Waals surface area contributed by atoms with E-state index in [1.165, 1.54) is 0 Å². The number of anilines is 1. The molecule has 0 aliphatic heterocycles. The summed E-state index contributed by atoms with van der Waals surface area (Å²) < 4.78 is 7.54. The van der Waals surface area contributed by atoms with Crippen molar-refractivity contribution in [2.45, 2.75) is 33.7 Å². The van der Waals surface area contributed by atoms with E-state index >= 15 is 0 Å². The third kappa shape index (κ3) is 3.43. The van der Waals surface area contributed by atoms with Crippen LogP contribution in [0.15, 0.2) is 18.5 Å². The molecule has 0 saturated carbocycles. The molecule has 0 spiro atoms. The van der Waals surface area contributed by atoms with Crippen molar-refractivity contribution in [1.82, 2.24) is 19.7 Å². The second kappa shape index (κ2) is 5.69. The lowest BCUT2D eigenvalue weighted by Crippen LogP contribution is -2.02. The fraction of sp³-hybridized carbons (Fsp3) is 0.462. The first kappa shape index (κ1) is 13.3. The Morgan fingerprint density at radius 3 is 2.79 bits per heavy atom. The normalized spacial score (nSPS) is 10.8. The molecule has 102 valence electrons. The highest BCUT2D eigenvalue weighted by Gasteiger charge is 2.07. The number of nitrogens with zero attached hydrogens (tertiary/aromatic N) is 4. The maximum atomic E-state index is 5.70. The zero-order valence-corrected chi connectivity index (χ0v) is 11.7. The Morgan fingerprint density at radius 1 is 1.37 bits per heavy atom. The lowest BCUT2D eigenvalue weighted by atomic mass is 10.4. The molecule has 2 aromatic heterocycles. The van der Waals surface area contributed by atoms with E-state index in [-0.39, 0.29) is 0 Å². The van der Waals surface area contributed by atoms with Crippen molar-refractivity contribution in [2.24, 2.45) is 0 Å². The van der Waals surface area contributed by atoms with Crippen LogP contribution in [-0.2, 0) is 0 Å². The Balaban J connectivity index is 2.17. The summed E-state index contributed by atoms with van der Waals surface area (Å²) in [5.74, 6) is 2.63. The van der Waals surface area contributed by atoms with Crippen LogP contribution < -0.4 is 10.1 Å². The largest absolute Gasteiger partial charge is 0.436 e. The first-order valence-electron chi connectivity index (χ1n) is 6.40. The summed E-state index contributed by atoms with van der Waals surface area (Å²) in [6, 6.07) is 2.09. The number of nitrogens with one attached hydrogen (secondary N) is 1. The van der Waals surface area contributed by atoms with Crippen molar-refractivity contribution < 1.29 is 4.74 Å². The predicted octanol–water partition coefficient (Wildman–Crippen LogP) is 2.79. The van der Waals surface area contributed by atoms with Gasteiger partial charge in [0.25, 0.3) is 0 Å². The number of hydrogen-bond donors (Lipinski definition) is 1. The van der Waals surface area contributed by atoms with E-state index in [1.54, 1.807) is 12.3 Å². The van der Waals surface area contributed by atoms with Crippen LogP contribution >= 0.6 is 0 Å². The van der Waals surface area contributed by atoms with Crippen molar-refractivity contribution in [2.75, 3.05) is 11.9 Å². The molecule has 0 aliphatic carbocycles. The summed E-state index contributed by atoms with van der Waals surface area (Å²) in [6.07, 6.45) is 3.54. The quantitative estimate of drug-likeness (QED) is 0.896. The summed E-state index contributed by atoms with van der Waals surface area (Å²) >= 11 is 0. The van der Waals surface area contributed by atoms with Gasteiger partial charge >= 0.3 is 0 Å². The number of ether oxygens (including phenoxy) is 1. The highest BCUT2D eigenvalue weighted by atomic mass is 16.5. The van der Waals surface area contributed by atoms with Crippen molar-refractivity contribution in [3.8, 4) is 11.6 Å². The van der Waals surface area contributed by atoms with Crippen LogP contribution in [0.4, 0.5) is 5.82 Å². The molecule has 6 nitrogen and oxygen atoms in total. The van der Waals surface area contributed by atoms with Gasteiger partial charge in [-0.15, -0.1) is 0 Å². The standard InChI is InChI=1S/C13H19N5O/c1-5-14-12-6-13(17-10(4)16-12)19-11-7-15-18(8-11)9(2)3/h6-9H,5H2,1-4H3,(H,14,16,17). The SMILES string of the molecule is CCNc1cc(Oc2cnn(C(C)C)c2)nc(C)n1. The highest BCUT2D eigenvalue weighted by molar-refractivity contribution is 5.39. The Kier molecular flexibility index (Phi) is 3.99. The third-order valence-electron chi connectivity index (χ3n) is 2.50. The fourth-order valence-electron chi connectivity index (χ4n) is 1.64. The van der Waals surface area contributed by atoms with Crippen LogP contribution in [0.1, 0.15) is 32.6 Å². The molecule has 0 aliphatic rings. The van der Waals surface area contributed by atoms with Crippen molar-refractivity contribution in [3.63, 3.8) is 0 Å². The molecular formula is C13H19N5O. The topological polar surface area (TPSA) is 64.9 Å². The zero-order chi connectivity index (χ0) is 13.8. The predicted molar refractivity (Wildman–Crippen MR) is 73.6 cm³/mol.